The first-order valence-electron chi connectivity index (χ1n) is 7.68. The fraction of sp³-hybridized carbons (Fsp3) is 0.211. The minimum absolute atomic E-state index is 0.160. The van der Waals surface area contributed by atoms with Crippen molar-refractivity contribution in [1.82, 2.24) is 0 Å². The van der Waals surface area contributed by atoms with Crippen molar-refractivity contribution in [3.05, 3.63) is 64.0 Å². The van der Waals surface area contributed by atoms with Crippen LogP contribution in [0.1, 0.15) is 41.4 Å². The molecule has 0 bridgehead atoms. The molecule has 1 N–H and O–H groups in total. The zero-order valence-corrected chi connectivity index (χ0v) is 14.7. The quantitative estimate of drug-likeness (QED) is 0.590. The fourth-order valence-electron chi connectivity index (χ4n) is 2.48. The molecule has 1 atom stereocenters. The summed E-state index contributed by atoms with van der Waals surface area (Å²) in [4.78, 5) is 13.0. The second-order valence-corrected chi connectivity index (χ2v) is 7.06. The maximum Gasteiger partial charge on any atom is 0.267 e. The van der Waals surface area contributed by atoms with Gasteiger partial charge in [-0.25, -0.2) is 0 Å². The van der Waals surface area contributed by atoms with Crippen LogP contribution in [-0.2, 0) is 0 Å². The van der Waals surface area contributed by atoms with Gasteiger partial charge >= 0.3 is 0 Å². The number of halogens is 1. The Bertz CT molecular complexity index is 838. The molecule has 0 fully saturated rings. The molecule has 1 unspecified atom stereocenters. The van der Waals surface area contributed by atoms with E-state index in [1.807, 2.05) is 36.4 Å². The van der Waals surface area contributed by atoms with E-state index < -0.39 is 0 Å². The van der Waals surface area contributed by atoms with Crippen molar-refractivity contribution in [3.8, 4) is 0 Å². The summed E-state index contributed by atoms with van der Waals surface area (Å²) in [6.45, 7) is 4.37. The van der Waals surface area contributed by atoms with E-state index in [1.54, 1.807) is 0 Å². The highest BCUT2D eigenvalue weighted by atomic mass is 35.5. The van der Waals surface area contributed by atoms with E-state index in [2.05, 4.69) is 31.3 Å². The van der Waals surface area contributed by atoms with Crippen molar-refractivity contribution in [2.24, 2.45) is 0 Å². The van der Waals surface area contributed by atoms with E-state index in [9.17, 15) is 4.79 Å². The van der Waals surface area contributed by atoms with Gasteiger partial charge in [0.05, 0.1) is 5.02 Å². The monoisotopic (exact) mass is 343 g/mol. The summed E-state index contributed by atoms with van der Waals surface area (Å²) in [6, 6.07) is 15.8. The highest BCUT2D eigenvalue weighted by molar-refractivity contribution is 7.21. The van der Waals surface area contributed by atoms with Crippen LogP contribution in [0, 0.1) is 0 Å². The normalized spacial score (nSPS) is 12.3. The maximum absolute atomic E-state index is 12.5. The van der Waals surface area contributed by atoms with Crippen molar-refractivity contribution in [1.29, 1.82) is 0 Å². The van der Waals surface area contributed by atoms with E-state index in [4.69, 9.17) is 11.6 Å². The zero-order chi connectivity index (χ0) is 16.4. The first-order chi connectivity index (χ1) is 11.1. The number of thiophene rings is 1. The lowest BCUT2D eigenvalue weighted by Crippen LogP contribution is -2.10. The van der Waals surface area contributed by atoms with Crippen molar-refractivity contribution in [3.63, 3.8) is 0 Å². The largest absolute Gasteiger partial charge is 0.321 e. The standard InChI is InChI=1S/C19H18ClNOS/c1-3-12(2)13-8-10-14(11-9-13)21-19(22)18-17(20)15-6-4-5-7-16(15)23-18/h4-12H,3H2,1-2H3,(H,21,22). The van der Waals surface area contributed by atoms with E-state index in [0.29, 0.717) is 15.8 Å². The van der Waals surface area contributed by atoms with E-state index >= 15 is 0 Å². The molecule has 2 aromatic carbocycles. The van der Waals surface area contributed by atoms with Crippen LogP contribution >= 0.6 is 22.9 Å². The number of carbonyl (C=O) groups excluding carboxylic acids is 1. The van der Waals surface area contributed by atoms with Crippen LogP contribution in [0.2, 0.25) is 5.02 Å². The molecule has 0 aliphatic rings. The van der Waals surface area contributed by atoms with Crippen molar-refractivity contribution in [2.45, 2.75) is 26.2 Å². The molecule has 23 heavy (non-hydrogen) atoms. The summed E-state index contributed by atoms with van der Waals surface area (Å²) in [5, 5.41) is 4.39. The SMILES string of the molecule is CCC(C)c1ccc(NC(=O)c2sc3ccccc3c2Cl)cc1. The summed E-state index contributed by atoms with van der Waals surface area (Å²) in [6.07, 6.45) is 1.10. The third-order valence-corrected chi connectivity index (χ3v) is 5.77. The van der Waals surface area contributed by atoms with Crippen LogP contribution in [0.3, 0.4) is 0 Å². The van der Waals surface area contributed by atoms with Crippen LogP contribution in [0.4, 0.5) is 5.69 Å². The summed E-state index contributed by atoms with van der Waals surface area (Å²) >= 11 is 7.77. The highest BCUT2D eigenvalue weighted by Gasteiger charge is 2.17. The minimum atomic E-state index is -0.160. The van der Waals surface area contributed by atoms with E-state index in [-0.39, 0.29) is 5.91 Å². The minimum Gasteiger partial charge on any atom is -0.321 e. The number of benzene rings is 2. The molecule has 0 aliphatic heterocycles. The maximum atomic E-state index is 12.5. The molecule has 1 aromatic heterocycles. The van der Waals surface area contributed by atoms with Crippen LogP contribution in [0.25, 0.3) is 10.1 Å². The molecule has 1 heterocycles. The lowest BCUT2D eigenvalue weighted by atomic mass is 9.99. The van der Waals surface area contributed by atoms with Crippen LogP contribution in [-0.4, -0.2) is 5.91 Å². The Kier molecular flexibility index (Phi) is 4.69. The Balaban J connectivity index is 1.82. The number of nitrogens with one attached hydrogen (secondary N) is 1. The molecule has 118 valence electrons. The summed E-state index contributed by atoms with van der Waals surface area (Å²) < 4.78 is 1.02. The van der Waals surface area contributed by atoms with Gasteiger partial charge in [-0.15, -0.1) is 11.3 Å². The molecule has 0 saturated heterocycles. The molecule has 1 amide bonds. The second-order valence-electron chi connectivity index (χ2n) is 5.63. The zero-order valence-electron chi connectivity index (χ0n) is 13.1. The number of fused-ring (bicyclic) bond motifs is 1. The average Bonchev–Trinajstić information content (AvgIpc) is 2.92. The molecular weight excluding hydrogens is 326 g/mol. The van der Waals surface area contributed by atoms with Crippen LogP contribution < -0.4 is 5.32 Å². The van der Waals surface area contributed by atoms with Crippen molar-refractivity contribution < 1.29 is 4.79 Å². The Hall–Kier alpha value is -1.84. The topological polar surface area (TPSA) is 29.1 Å². The third kappa shape index (κ3) is 3.26. The number of carbonyl (C=O) groups is 1. The van der Waals surface area contributed by atoms with Gasteiger partial charge in [-0.2, -0.15) is 0 Å². The lowest BCUT2D eigenvalue weighted by molar-refractivity contribution is 0.103. The molecule has 2 nitrogen and oxygen atoms in total. The fourth-order valence-corrected chi connectivity index (χ4v) is 3.89. The molecule has 0 aliphatic carbocycles. The van der Waals surface area contributed by atoms with Gasteiger partial charge < -0.3 is 5.32 Å². The summed E-state index contributed by atoms with van der Waals surface area (Å²) in [5.74, 6) is 0.365. The van der Waals surface area contributed by atoms with Gasteiger partial charge in [0, 0.05) is 15.8 Å². The predicted molar refractivity (Wildman–Crippen MR) is 99.9 cm³/mol. The summed E-state index contributed by atoms with van der Waals surface area (Å²) in [5.41, 5.74) is 2.07. The molecule has 0 saturated carbocycles. The van der Waals surface area contributed by atoms with Gasteiger partial charge in [0.1, 0.15) is 4.88 Å². The van der Waals surface area contributed by atoms with Gasteiger partial charge in [-0.05, 0) is 36.1 Å². The number of hydrogen-bond acceptors (Lipinski definition) is 2. The Labute approximate surface area is 145 Å². The Morgan fingerprint density at radius 2 is 1.87 bits per heavy atom. The Morgan fingerprint density at radius 1 is 1.17 bits per heavy atom. The number of rotatable bonds is 4. The first-order valence-corrected chi connectivity index (χ1v) is 8.88. The van der Waals surface area contributed by atoms with Crippen LogP contribution in [0.5, 0.6) is 0 Å². The van der Waals surface area contributed by atoms with Gasteiger partial charge in [0.25, 0.3) is 5.91 Å². The molecule has 0 radical (unpaired) electrons. The molecular formula is C19H18ClNOS. The van der Waals surface area contributed by atoms with Crippen molar-refractivity contribution in [2.75, 3.05) is 5.32 Å². The lowest BCUT2D eigenvalue weighted by Gasteiger charge is -2.10. The number of hydrogen-bond donors (Lipinski definition) is 1. The first kappa shape index (κ1) is 16.0. The third-order valence-electron chi connectivity index (χ3n) is 4.09. The molecule has 3 rings (SSSR count). The van der Waals surface area contributed by atoms with Gasteiger partial charge in [-0.1, -0.05) is 55.8 Å². The summed E-state index contributed by atoms with van der Waals surface area (Å²) in [7, 11) is 0. The molecule has 3 aromatic rings. The van der Waals surface area contributed by atoms with Gasteiger partial charge in [0.2, 0.25) is 0 Å². The van der Waals surface area contributed by atoms with E-state index in [1.165, 1.54) is 16.9 Å². The van der Waals surface area contributed by atoms with Crippen molar-refractivity contribution >= 4 is 44.6 Å². The second kappa shape index (κ2) is 6.73. The number of anilines is 1. The average molecular weight is 344 g/mol. The van der Waals surface area contributed by atoms with Crippen LogP contribution in [0.15, 0.2) is 48.5 Å². The molecule has 4 heteroatoms. The molecule has 0 spiro atoms. The highest BCUT2D eigenvalue weighted by Crippen LogP contribution is 2.35. The van der Waals surface area contributed by atoms with Gasteiger partial charge in [-0.3, -0.25) is 4.79 Å². The smallest absolute Gasteiger partial charge is 0.267 e. The predicted octanol–water partition coefficient (Wildman–Crippen LogP) is 6.32. The van der Waals surface area contributed by atoms with E-state index in [0.717, 1.165) is 22.2 Å². The van der Waals surface area contributed by atoms with Gasteiger partial charge in [0.15, 0.2) is 0 Å². The Morgan fingerprint density at radius 3 is 2.52 bits per heavy atom. The number of amides is 1.